The first kappa shape index (κ1) is 8.49. The van der Waals surface area contributed by atoms with Crippen molar-refractivity contribution >= 4 is 5.91 Å². The van der Waals surface area contributed by atoms with Crippen LogP contribution in [0.5, 0.6) is 0 Å². The minimum absolute atomic E-state index is 0.0368. The lowest BCUT2D eigenvalue weighted by molar-refractivity contribution is -0.126. The Kier molecular flexibility index (Phi) is 2.84. The maximum Gasteiger partial charge on any atom is 0.218 e. The molecule has 0 bridgehead atoms. The van der Waals surface area contributed by atoms with Crippen LogP contribution in [0.3, 0.4) is 0 Å². The van der Waals surface area contributed by atoms with E-state index in [1.165, 1.54) is 6.92 Å². The topological polar surface area (TPSA) is 41.6 Å². The fourth-order valence-electron chi connectivity index (χ4n) is 1.09. The standard InChI is InChI=1S/C7H14N2O2/c1-6(10)8-7-5-9(2)3-4-11-7/h7H,3-5H2,1-2H3,(H,8,10). The van der Waals surface area contributed by atoms with Crippen LogP contribution < -0.4 is 5.32 Å². The lowest BCUT2D eigenvalue weighted by Crippen LogP contribution is -2.48. The molecule has 0 aromatic heterocycles. The van der Waals surface area contributed by atoms with Crippen molar-refractivity contribution in [3.8, 4) is 0 Å². The number of likely N-dealkylation sites (N-methyl/N-ethyl adjacent to an activating group) is 1. The molecule has 0 saturated carbocycles. The first-order valence-corrected chi connectivity index (χ1v) is 3.76. The summed E-state index contributed by atoms with van der Waals surface area (Å²) in [6, 6.07) is 0. The second-order valence-corrected chi connectivity index (χ2v) is 2.82. The van der Waals surface area contributed by atoms with Crippen LogP contribution >= 0.6 is 0 Å². The summed E-state index contributed by atoms with van der Waals surface area (Å²) in [6.07, 6.45) is -0.119. The van der Waals surface area contributed by atoms with E-state index < -0.39 is 0 Å². The SMILES string of the molecule is CC(=O)NC1CN(C)CCO1. The van der Waals surface area contributed by atoms with Gasteiger partial charge in [-0.05, 0) is 7.05 Å². The Hall–Kier alpha value is -0.610. The Balaban J connectivity index is 2.28. The van der Waals surface area contributed by atoms with Gasteiger partial charge in [0.05, 0.1) is 6.61 Å². The minimum atomic E-state index is -0.119. The zero-order valence-corrected chi connectivity index (χ0v) is 6.96. The predicted molar refractivity (Wildman–Crippen MR) is 41.1 cm³/mol. The van der Waals surface area contributed by atoms with Crippen LogP contribution in [0.4, 0.5) is 0 Å². The molecular formula is C7H14N2O2. The smallest absolute Gasteiger partial charge is 0.218 e. The highest BCUT2D eigenvalue weighted by Gasteiger charge is 2.17. The molecule has 0 aromatic carbocycles. The second-order valence-electron chi connectivity index (χ2n) is 2.82. The van der Waals surface area contributed by atoms with Crippen LogP contribution in [0.15, 0.2) is 0 Å². The molecule has 64 valence electrons. The summed E-state index contributed by atoms with van der Waals surface area (Å²) in [5, 5.41) is 2.71. The largest absolute Gasteiger partial charge is 0.356 e. The molecule has 0 aromatic rings. The number of nitrogens with one attached hydrogen (secondary N) is 1. The summed E-state index contributed by atoms with van der Waals surface area (Å²) in [4.78, 5) is 12.7. The van der Waals surface area contributed by atoms with E-state index in [4.69, 9.17) is 4.74 Å². The first-order chi connectivity index (χ1) is 5.18. The molecule has 4 heteroatoms. The maximum absolute atomic E-state index is 10.6. The van der Waals surface area contributed by atoms with Crippen molar-refractivity contribution in [2.75, 3.05) is 26.7 Å². The molecule has 1 atom stereocenters. The third-order valence-electron chi connectivity index (χ3n) is 1.63. The van der Waals surface area contributed by atoms with Gasteiger partial charge in [-0.15, -0.1) is 0 Å². The van der Waals surface area contributed by atoms with Crippen LogP contribution in [0, 0.1) is 0 Å². The van der Waals surface area contributed by atoms with Crippen molar-refractivity contribution in [1.29, 1.82) is 0 Å². The molecule has 1 rings (SSSR count). The summed E-state index contributed by atoms with van der Waals surface area (Å²) >= 11 is 0. The van der Waals surface area contributed by atoms with E-state index in [1.807, 2.05) is 7.05 Å². The lowest BCUT2D eigenvalue weighted by Gasteiger charge is -2.29. The normalized spacial score (nSPS) is 26.5. The first-order valence-electron chi connectivity index (χ1n) is 3.76. The molecule has 1 aliphatic heterocycles. The van der Waals surface area contributed by atoms with Gasteiger partial charge in [0.2, 0.25) is 5.91 Å². The van der Waals surface area contributed by atoms with Crippen LogP contribution in [0.2, 0.25) is 0 Å². The number of carbonyl (C=O) groups is 1. The van der Waals surface area contributed by atoms with E-state index in [9.17, 15) is 4.79 Å². The van der Waals surface area contributed by atoms with Crippen molar-refractivity contribution < 1.29 is 9.53 Å². The quantitative estimate of drug-likeness (QED) is 0.554. The average Bonchev–Trinajstić information content (AvgIpc) is 1.85. The summed E-state index contributed by atoms with van der Waals surface area (Å²) in [7, 11) is 2.01. The summed E-state index contributed by atoms with van der Waals surface area (Å²) < 4.78 is 5.29. The van der Waals surface area contributed by atoms with E-state index in [-0.39, 0.29) is 12.1 Å². The van der Waals surface area contributed by atoms with Crippen LogP contribution in [-0.4, -0.2) is 43.8 Å². The Morgan fingerprint density at radius 3 is 3.00 bits per heavy atom. The number of amides is 1. The summed E-state index contributed by atoms with van der Waals surface area (Å²) in [6.45, 7) is 3.91. The Morgan fingerprint density at radius 2 is 2.45 bits per heavy atom. The average molecular weight is 158 g/mol. The molecule has 1 amide bonds. The molecule has 0 spiro atoms. The van der Waals surface area contributed by atoms with Crippen molar-refractivity contribution in [3.63, 3.8) is 0 Å². The van der Waals surface area contributed by atoms with Gasteiger partial charge in [-0.2, -0.15) is 0 Å². The summed E-state index contributed by atoms with van der Waals surface area (Å²) in [5.74, 6) is -0.0368. The Morgan fingerprint density at radius 1 is 1.73 bits per heavy atom. The Bertz CT molecular complexity index is 149. The molecule has 1 saturated heterocycles. The Labute approximate surface area is 66.5 Å². The molecule has 1 unspecified atom stereocenters. The number of hydrogen-bond acceptors (Lipinski definition) is 3. The molecule has 1 N–H and O–H groups in total. The van der Waals surface area contributed by atoms with Gasteiger partial charge in [0, 0.05) is 20.0 Å². The molecule has 1 fully saturated rings. The monoisotopic (exact) mass is 158 g/mol. The van der Waals surface area contributed by atoms with Crippen LogP contribution in [-0.2, 0) is 9.53 Å². The lowest BCUT2D eigenvalue weighted by atomic mass is 10.4. The minimum Gasteiger partial charge on any atom is -0.356 e. The van der Waals surface area contributed by atoms with Gasteiger partial charge in [0.25, 0.3) is 0 Å². The highest BCUT2D eigenvalue weighted by Crippen LogP contribution is 1.98. The third-order valence-corrected chi connectivity index (χ3v) is 1.63. The zero-order valence-electron chi connectivity index (χ0n) is 6.96. The van der Waals surface area contributed by atoms with Crippen molar-refractivity contribution in [3.05, 3.63) is 0 Å². The number of hydrogen-bond donors (Lipinski definition) is 1. The molecule has 0 radical (unpaired) electrons. The molecule has 11 heavy (non-hydrogen) atoms. The molecular weight excluding hydrogens is 144 g/mol. The highest BCUT2D eigenvalue weighted by molar-refractivity contribution is 5.73. The number of ether oxygens (including phenoxy) is 1. The van der Waals surface area contributed by atoms with Crippen molar-refractivity contribution in [1.82, 2.24) is 10.2 Å². The number of carbonyl (C=O) groups excluding carboxylic acids is 1. The molecule has 0 aliphatic carbocycles. The number of nitrogens with zero attached hydrogens (tertiary/aromatic N) is 1. The molecule has 1 heterocycles. The van der Waals surface area contributed by atoms with Gasteiger partial charge in [-0.1, -0.05) is 0 Å². The fraction of sp³-hybridized carbons (Fsp3) is 0.857. The summed E-state index contributed by atoms with van der Waals surface area (Å²) in [5.41, 5.74) is 0. The number of morpholine rings is 1. The predicted octanol–water partition coefficient (Wildman–Crippen LogP) is -0.589. The van der Waals surface area contributed by atoms with E-state index in [0.717, 1.165) is 13.1 Å². The second kappa shape index (κ2) is 3.69. The van der Waals surface area contributed by atoms with Crippen molar-refractivity contribution in [2.45, 2.75) is 13.2 Å². The van der Waals surface area contributed by atoms with Gasteiger partial charge in [0.15, 0.2) is 0 Å². The van der Waals surface area contributed by atoms with Gasteiger partial charge < -0.3 is 10.1 Å². The maximum atomic E-state index is 10.6. The van der Waals surface area contributed by atoms with E-state index in [0.29, 0.717) is 6.61 Å². The third kappa shape index (κ3) is 2.86. The molecule has 1 aliphatic rings. The van der Waals surface area contributed by atoms with Crippen molar-refractivity contribution in [2.24, 2.45) is 0 Å². The molecule has 4 nitrogen and oxygen atoms in total. The number of rotatable bonds is 1. The van der Waals surface area contributed by atoms with Gasteiger partial charge in [0.1, 0.15) is 6.23 Å². The van der Waals surface area contributed by atoms with E-state index in [2.05, 4.69) is 10.2 Å². The highest BCUT2D eigenvalue weighted by atomic mass is 16.5. The van der Waals surface area contributed by atoms with E-state index in [1.54, 1.807) is 0 Å². The van der Waals surface area contributed by atoms with E-state index >= 15 is 0 Å². The zero-order chi connectivity index (χ0) is 8.27. The van der Waals surface area contributed by atoms with Gasteiger partial charge >= 0.3 is 0 Å². The van der Waals surface area contributed by atoms with Crippen LogP contribution in [0.1, 0.15) is 6.92 Å². The van der Waals surface area contributed by atoms with Gasteiger partial charge in [-0.25, -0.2) is 0 Å². The van der Waals surface area contributed by atoms with Gasteiger partial charge in [-0.3, -0.25) is 9.69 Å². The fourth-order valence-corrected chi connectivity index (χ4v) is 1.09. The van der Waals surface area contributed by atoms with Crippen LogP contribution in [0.25, 0.3) is 0 Å².